The van der Waals surface area contributed by atoms with Crippen molar-refractivity contribution in [2.45, 2.75) is 51.0 Å². The number of aryl methyl sites for hydroxylation is 2. The van der Waals surface area contributed by atoms with Gasteiger partial charge < -0.3 is 27.1 Å². The van der Waals surface area contributed by atoms with Gasteiger partial charge in [0.2, 0.25) is 0 Å². The summed E-state index contributed by atoms with van der Waals surface area (Å²) >= 11 is 0. The van der Waals surface area contributed by atoms with Crippen molar-refractivity contribution in [2.24, 2.45) is 16.7 Å². The molecule has 1 aromatic heterocycles. The smallest absolute Gasteiger partial charge is 0.317 e. The summed E-state index contributed by atoms with van der Waals surface area (Å²) in [6, 6.07) is 12.5. The summed E-state index contributed by atoms with van der Waals surface area (Å²) in [5.74, 6) is 7.02. The molecule has 0 spiro atoms. The average Bonchev–Trinajstić information content (AvgIpc) is 3.01. The molecule has 4 rings (SSSR count). The minimum absolute atomic E-state index is 0.0269. The fourth-order valence-corrected chi connectivity index (χ4v) is 4.60. The lowest BCUT2D eigenvalue weighted by molar-refractivity contribution is 0.195. The molecule has 1 unspecified atom stereocenters. The number of amides is 2. The van der Waals surface area contributed by atoms with Gasteiger partial charge in [-0.05, 0) is 60.8 Å². The predicted molar refractivity (Wildman–Crippen MR) is 127 cm³/mol. The van der Waals surface area contributed by atoms with E-state index in [2.05, 4.69) is 40.0 Å². The monoisotopic (exact) mass is 435 g/mol. The zero-order valence-electron chi connectivity index (χ0n) is 18.5. The number of hydrogen-bond donors (Lipinski definition) is 4. The number of pyridine rings is 1. The van der Waals surface area contributed by atoms with Crippen LogP contribution in [0.2, 0.25) is 0 Å². The molecule has 0 saturated carbocycles. The van der Waals surface area contributed by atoms with E-state index in [-0.39, 0.29) is 11.9 Å². The first-order chi connectivity index (χ1) is 15.6. The van der Waals surface area contributed by atoms with E-state index in [1.807, 2.05) is 17.0 Å². The number of nitrogens with one attached hydrogen (secondary N) is 2. The lowest BCUT2D eigenvalue weighted by atomic mass is 9.90. The summed E-state index contributed by atoms with van der Waals surface area (Å²) in [6.07, 6.45) is 5.39. The Kier molecular flexibility index (Phi) is 7.09. The Morgan fingerprint density at radius 1 is 1.25 bits per heavy atom. The molecule has 0 fully saturated rings. The summed E-state index contributed by atoms with van der Waals surface area (Å²) in [5, 5.41) is 10.1. The molecule has 32 heavy (non-hydrogen) atoms. The van der Waals surface area contributed by atoms with Crippen LogP contribution in [0.1, 0.15) is 54.0 Å². The molecule has 2 amide bonds. The molecule has 8 heteroatoms. The summed E-state index contributed by atoms with van der Waals surface area (Å²) in [6.45, 7) is 2.88. The number of hydrazone groups is 1. The number of anilines is 1. The highest BCUT2D eigenvalue weighted by atomic mass is 16.2. The van der Waals surface area contributed by atoms with Gasteiger partial charge in [0.15, 0.2) is 0 Å². The predicted octanol–water partition coefficient (Wildman–Crippen LogP) is 2.69. The summed E-state index contributed by atoms with van der Waals surface area (Å²) in [5.41, 5.74) is 10.6. The lowest BCUT2D eigenvalue weighted by Gasteiger charge is -2.21. The van der Waals surface area contributed by atoms with Gasteiger partial charge in [0.05, 0.1) is 0 Å². The Labute approximate surface area is 189 Å². The van der Waals surface area contributed by atoms with Gasteiger partial charge in [-0.1, -0.05) is 30.3 Å². The van der Waals surface area contributed by atoms with Crippen molar-refractivity contribution in [3.8, 4) is 0 Å². The second kappa shape index (κ2) is 10.3. The zero-order valence-corrected chi connectivity index (χ0v) is 18.5. The molecule has 1 aromatic carbocycles. The van der Waals surface area contributed by atoms with Crippen LogP contribution in [0, 0.1) is 0 Å². The van der Waals surface area contributed by atoms with E-state index >= 15 is 0 Å². The third kappa shape index (κ3) is 5.30. The van der Waals surface area contributed by atoms with E-state index in [0.717, 1.165) is 55.7 Å². The van der Waals surface area contributed by atoms with Crippen LogP contribution >= 0.6 is 0 Å². The van der Waals surface area contributed by atoms with Crippen molar-refractivity contribution in [3.05, 3.63) is 58.8 Å². The van der Waals surface area contributed by atoms with Gasteiger partial charge >= 0.3 is 6.03 Å². The Balaban J connectivity index is 1.30. The van der Waals surface area contributed by atoms with Crippen LogP contribution in [0.3, 0.4) is 0 Å². The summed E-state index contributed by atoms with van der Waals surface area (Å²) < 4.78 is 0. The highest BCUT2D eigenvalue weighted by molar-refractivity contribution is 5.81. The number of fused-ring (bicyclic) bond motifs is 2. The molecule has 0 radical (unpaired) electrons. The van der Waals surface area contributed by atoms with E-state index in [0.29, 0.717) is 31.9 Å². The van der Waals surface area contributed by atoms with E-state index < -0.39 is 0 Å². The first kappa shape index (κ1) is 21.9. The molecular weight excluding hydrogens is 402 g/mol. The minimum atomic E-state index is -0.0269. The number of nitrogens with two attached hydrogens (primary N) is 2. The summed E-state index contributed by atoms with van der Waals surface area (Å²) in [7, 11) is 0. The molecule has 1 atom stereocenters. The van der Waals surface area contributed by atoms with Gasteiger partial charge in [0.25, 0.3) is 0 Å². The molecule has 170 valence electrons. The zero-order chi connectivity index (χ0) is 22.3. The lowest BCUT2D eigenvalue weighted by Crippen LogP contribution is -2.40. The maximum absolute atomic E-state index is 12.9. The molecule has 3 heterocycles. The van der Waals surface area contributed by atoms with E-state index in [9.17, 15) is 4.79 Å². The number of benzene rings is 1. The van der Waals surface area contributed by atoms with Gasteiger partial charge in [0.1, 0.15) is 11.7 Å². The van der Waals surface area contributed by atoms with E-state index in [1.54, 1.807) is 0 Å². The largest absolute Gasteiger partial charge is 0.386 e. The van der Waals surface area contributed by atoms with E-state index in [4.69, 9.17) is 16.6 Å². The van der Waals surface area contributed by atoms with Crippen LogP contribution in [-0.2, 0) is 19.4 Å². The van der Waals surface area contributed by atoms with Gasteiger partial charge in [-0.15, -0.1) is 0 Å². The maximum Gasteiger partial charge on any atom is 0.317 e. The van der Waals surface area contributed by atoms with Crippen LogP contribution < -0.4 is 22.2 Å². The Morgan fingerprint density at radius 2 is 2.12 bits per heavy atom. The molecule has 6 N–H and O–H groups in total. The molecule has 2 aliphatic rings. The Hall–Kier alpha value is -3.29. The number of hydrogen-bond acceptors (Lipinski definition) is 5. The Bertz CT molecular complexity index is 975. The van der Waals surface area contributed by atoms with Crippen molar-refractivity contribution in [3.63, 3.8) is 0 Å². The second-order valence-corrected chi connectivity index (χ2v) is 8.61. The number of rotatable bonds is 6. The molecular formula is C24H33N7O. The maximum atomic E-state index is 12.9. The van der Waals surface area contributed by atoms with Crippen molar-refractivity contribution in [1.29, 1.82) is 0 Å². The van der Waals surface area contributed by atoms with Crippen LogP contribution in [-0.4, -0.2) is 41.4 Å². The molecule has 0 aliphatic carbocycles. The van der Waals surface area contributed by atoms with Crippen LogP contribution in [0.25, 0.3) is 0 Å². The van der Waals surface area contributed by atoms with Crippen molar-refractivity contribution in [2.75, 3.05) is 25.0 Å². The van der Waals surface area contributed by atoms with Gasteiger partial charge in [-0.2, -0.15) is 5.10 Å². The number of urea groups is 1. The number of carbonyl (C=O) groups is 1. The SMILES string of the molecule is N/N=C(\N)CC1CCN(C(=O)NCCCc2ccc3c(n2)NCCC3)Cc2ccccc21. The average molecular weight is 436 g/mol. The number of carbonyl (C=O) groups excluding carboxylic acids is 1. The van der Waals surface area contributed by atoms with Crippen molar-refractivity contribution < 1.29 is 4.79 Å². The van der Waals surface area contributed by atoms with Crippen LogP contribution in [0.15, 0.2) is 41.5 Å². The highest BCUT2D eigenvalue weighted by Crippen LogP contribution is 2.31. The quantitative estimate of drug-likeness (QED) is 0.183. The normalized spacial score (nSPS) is 18.2. The standard InChI is InChI=1S/C24H33N7O/c25-22(30-26)15-18-11-14-31(16-19-5-1-2-8-21(18)19)24(32)28-13-4-7-20-10-9-17-6-3-12-27-23(17)29-20/h1-2,5,8-10,18H,3-4,6-7,11-16,26H2,(H2,25,30)(H,27,29)(H,28,32). The van der Waals surface area contributed by atoms with Crippen molar-refractivity contribution >= 4 is 17.7 Å². The molecule has 0 bridgehead atoms. The number of aromatic nitrogens is 1. The minimum Gasteiger partial charge on any atom is -0.386 e. The molecule has 2 aliphatic heterocycles. The summed E-state index contributed by atoms with van der Waals surface area (Å²) in [4.78, 5) is 19.5. The van der Waals surface area contributed by atoms with Gasteiger partial charge in [0, 0.05) is 38.3 Å². The van der Waals surface area contributed by atoms with Gasteiger partial charge in [-0.3, -0.25) is 0 Å². The first-order valence-corrected chi connectivity index (χ1v) is 11.5. The second-order valence-electron chi connectivity index (χ2n) is 8.61. The van der Waals surface area contributed by atoms with Gasteiger partial charge in [-0.25, -0.2) is 9.78 Å². The fraction of sp³-hybridized carbons (Fsp3) is 0.458. The van der Waals surface area contributed by atoms with Crippen LogP contribution in [0.4, 0.5) is 10.6 Å². The van der Waals surface area contributed by atoms with Crippen LogP contribution in [0.5, 0.6) is 0 Å². The molecule has 8 nitrogen and oxygen atoms in total. The molecule has 0 saturated heterocycles. The number of nitrogens with zero attached hydrogens (tertiary/aromatic N) is 3. The highest BCUT2D eigenvalue weighted by Gasteiger charge is 2.25. The first-order valence-electron chi connectivity index (χ1n) is 11.5. The molecule has 2 aromatic rings. The van der Waals surface area contributed by atoms with Crippen molar-refractivity contribution in [1.82, 2.24) is 15.2 Å². The fourth-order valence-electron chi connectivity index (χ4n) is 4.60. The Morgan fingerprint density at radius 3 is 3.00 bits per heavy atom. The topological polar surface area (TPSA) is 122 Å². The third-order valence-corrected chi connectivity index (χ3v) is 6.35. The third-order valence-electron chi connectivity index (χ3n) is 6.35. The number of amidine groups is 1. The van der Waals surface area contributed by atoms with E-state index in [1.165, 1.54) is 11.1 Å².